The highest BCUT2D eigenvalue weighted by atomic mass is 16.7. The first kappa shape index (κ1) is 39.8. The first-order chi connectivity index (χ1) is 25.6. The number of fused-ring (bicyclic) bond motifs is 5. The third-order valence-corrected chi connectivity index (χ3v) is 16.3. The lowest BCUT2D eigenvalue weighted by atomic mass is 9.43. The number of aliphatic hydroxyl groups excluding tert-OH is 4. The molecule has 54 heavy (non-hydrogen) atoms. The molecule has 308 valence electrons. The minimum absolute atomic E-state index is 0.0318. The molecule has 4 aliphatic heterocycles. The van der Waals surface area contributed by atoms with Crippen molar-refractivity contribution < 1.29 is 63.5 Å². The minimum atomic E-state index is -0.994. The maximum atomic E-state index is 12.6. The molecule has 21 atom stereocenters. The number of hydrogen-bond acceptors (Lipinski definition) is 13. The van der Waals surface area contributed by atoms with E-state index in [0.29, 0.717) is 30.8 Å². The van der Waals surface area contributed by atoms with E-state index in [0.717, 1.165) is 57.8 Å². The highest BCUT2D eigenvalue weighted by molar-refractivity contribution is 5.71. The lowest BCUT2D eigenvalue weighted by Gasteiger charge is -2.64. The SMILES string of the molecule is C[C@H]1O[C@@H](O[C@@H]2[C@@H](O)C[C@H](O[C@@H]3[C@@H](O)C[C@@H](O[C@H]4CC[C@@]5(C)[C@H](CC[C@@H]6[C@@H]5CC[C@]5(C)[C@@H]([C@H]7COC(=O)C7)CC[C@]65O)C4)O[C@@H]3C)O[C@@H]2C)C[C@H](O)[C@H]1O. The minimum Gasteiger partial charge on any atom is -0.465 e. The summed E-state index contributed by atoms with van der Waals surface area (Å²) in [7, 11) is 0. The molecule has 8 fully saturated rings. The first-order valence-electron chi connectivity index (χ1n) is 21.1. The Bertz CT molecular complexity index is 1320. The van der Waals surface area contributed by atoms with Gasteiger partial charge in [-0.25, -0.2) is 0 Å². The summed E-state index contributed by atoms with van der Waals surface area (Å²) in [6.07, 6.45) is 1.01. The van der Waals surface area contributed by atoms with Gasteiger partial charge in [0.15, 0.2) is 18.9 Å². The maximum Gasteiger partial charge on any atom is 0.306 e. The van der Waals surface area contributed by atoms with Gasteiger partial charge in [-0.2, -0.15) is 0 Å². The number of carbonyl (C=O) groups excluding carboxylic acids is 1. The zero-order chi connectivity index (χ0) is 38.3. The second-order valence-corrected chi connectivity index (χ2v) is 19.1. The molecule has 0 amide bonds. The number of esters is 1. The summed E-state index contributed by atoms with van der Waals surface area (Å²) < 4.78 is 42.3. The Kier molecular flexibility index (Phi) is 11.1. The fourth-order valence-electron chi connectivity index (χ4n) is 13.2. The molecule has 8 rings (SSSR count). The van der Waals surface area contributed by atoms with E-state index < -0.39 is 79.4 Å². The Morgan fingerprint density at radius 2 is 1.24 bits per heavy atom. The van der Waals surface area contributed by atoms with Crippen LogP contribution in [0, 0.1) is 40.4 Å². The van der Waals surface area contributed by atoms with Crippen molar-refractivity contribution in [3.63, 3.8) is 0 Å². The Balaban J connectivity index is 0.823. The van der Waals surface area contributed by atoms with Gasteiger partial charge in [0.05, 0.1) is 61.4 Å². The van der Waals surface area contributed by atoms with Gasteiger partial charge in [0.25, 0.3) is 0 Å². The van der Waals surface area contributed by atoms with E-state index in [2.05, 4.69) is 13.8 Å². The molecular formula is C41H66O13. The van der Waals surface area contributed by atoms with Crippen molar-refractivity contribution in [3.05, 3.63) is 0 Å². The van der Waals surface area contributed by atoms with E-state index in [4.69, 9.17) is 33.2 Å². The van der Waals surface area contributed by atoms with Gasteiger partial charge in [0.1, 0.15) is 18.3 Å². The van der Waals surface area contributed by atoms with Crippen LogP contribution >= 0.6 is 0 Å². The number of cyclic esters (lactones) is 1. The molecule has 0 unspecified atom stereocenters. The van der Waals surface area contributed by atoms with Crippen LogP contribution in [0.3, 0.4) is 0 Å². The molecule has 0 aromatic heterocycles. The highest BCUT2D eigenvalue weighted by Gasteiger charge is 2.68. The third kappa shape index (κ3) is 6.90. The van der Waals surface area contributed by atoms with E-state index in [9.17, 15) is 30.3 Å². The van der Waals surface area contributed by atoms with Gasteiger partial charge in [0.2, 0.25) is 0 Å². The molecule has 4 aliphatic carbocycles. The molecular weight excluding hydrogens is 700 g/mol. The van der Waals surface area contributed by atoms with Gasteiger partial charge in [0, 0.05) is 25.2 Å². The number of carbonyl (C=O) groups is 1. The molecule has 4 saturated heterocycles. The third-order valence-electron chi connectivity index (χ3n) is 16.3. The second-order valence-electron chi connectivity index (χ2n) is 19.1. The summed E-state index contributed by atoms with van der Waals surface area (Å²) in [5.41, 5.74) is -0.728. The monoisotopic (exact) mass is 766 g/mol. The number of ether oxygens (including phenoxy) is 7. The lowest BCUT2D eigenvalue weighted by molar-refractivity contribution is -0.336. The predicted molar refractivity (Wildman–Crippen MR) is 191 cm³/mol. The average molecular weight is 767 g/mol. The van der Waals surface area contributed by atoms with Crippen molar-refractivity contribution in [2.24, 2.45) is 40.4 Å². The Labute approximate surface area is 319 Å². The Hall–Kier alpha value is -0.970. The molecule has 5 N–H and O–H groups in total. The van der Waals surface area contributed by atoms with Gasteiger partial charge < -0.3 is 58.7 Å². The van der Waals surface area contributed by atoms with Gasteiger partial charge >= 0.3 is 5.97 Å². The first-order valence-corrected chi connectivity index (χ1v) is 21.1. The van der Waals surface area contributed by atoms with Crippen molar-refractivity contribution in [1.29, 1.82) is 0 Å². The van der Waals surface area contributed by atoms with Crippen molar-refractivity contribution in [1.82, 2.24) is 0 Å². The molecule has 13 nitrogen and oxygen atoms in total. The highest BCUT2D eigenvalue weighted by Crippen LogP contribution is 2.70. The second kappa shape index (κ2) is 15.0. The van der Waals surface area contributed by atoms with Gasteiger partial charge in [-0.1, -0.05) is 13.8 Å². The number of hydrogen-bond donors (Lipinski definition) is 5. The molecule has 4 heterocycles. The lowest BCUT2D eigenvalue weighted by Crippen LogP contribution is -2.62. The summed E-state index contributed by atoms with van der Waals surface area (Å²) in [5.74, 6) is 1.72. The maximum absolute atomic E-state index is 12.6. The van der Waals surface area contributed by atoms with Crippen molar-refractivity contribution in [3.8, 4) is 0 Å². The standard InChI is InChI=1S/C41H66O13/c1-20-36(46)29(42)16-34(49-20)53-38-22(3)51-35(18-31(38)44)54-37-21(2)50-33(17-30(37)43)52-25-8-11-39(4)24(15-25)6-7-28-27(39)9-12-40(5)26(10-13-41(28,40)47)23-14-32(45)48-19-23/h20-31,33-38,42-44,46-47H,6-19H2,1-5H3/t20-,21-,22-,23-,24-,25+,26-,27+,28-,29+,30+,31+,33-,34+,35+,36+,37+,38+,39+,40-,41+/m1/s1. The van der Waals surface area contributed by atoms with Crippen LogP contribution in [0.4, 0.5) is 0 Å². The molecule has 13 heteroatoms. The average Bonchev–Trinajstić information content (AvgIpc) is 3.66. The van der Waals surface area contributed by atoms with Crippen LogP contribution in [0.2, 0.25) is 0 Å². The Morgan fingerprint density at radius 1 is 0.648 bits per heavy atom. The van der Waals surface area contributed by atoms with Crippen molar-refractivity contribution >= 4 is 5.97 Å². The van der Waals surface area contributed by atoms with Crippen LogP contribution in [0.25, 0.3) is 0 Å². The smallest absolute Gasteiger partial charge is 0.306 e. The van der Waals surface area contributed by atoms with Crippen LogP contribution in [-0.4, -0.2) is 124 Å². The number of rotatable bonds is 7. The number of aliphatic hydroxyl groups is 5. The summed E-state index contributed by atoms with van der Waals surface area (Å²) >= 11 is 0. The zero-order valence-corrected chi connectivity index (χ0v) is 32.8. The molecule has 8 aliphatic rings. The largest absolute Gasteiger partial charge is 0.465 e. The van der Waals surface area contributed by atoms with Gasteiger partial charge in [-0.05, 0) is 113 Å². The molecule has 0 aromatic rings. The van der Waals surface area contributed by atoms with Gasteiger partial charge in [-0.3, -0.25) is 4.79 Å². The van der Waals surface area contributed by atoms with E-state index in [1.54, 1.807) is 13.8 Å². The normalized spacial score (nSPS) is 56.4. The predicted octanol–water partition coefficient (Wildman–Crippen LogP) is 3.33. The molecule has 0 bridgehead atoms. The van der Waals surface area contributed by atoms with Crippen LogP contribution in [0.5, 0.6) is 0 Å². The zero-order valence-electron chi connectivity index (χ0n) is 32.8. The van der Waals surface area contributed by atoms with Crippen LogP contribution < -0.4 is 0 Å². The van der Waals surface area contributed by atoms with Crippen molar-refractivity contribution in [2.75, 3.05) is 6.61 Å². The fourth-order valence-corrected chi connectivity index (χ4v) is 13.2. The fraction of sp³-hybridized carbons (Fsp3) is 0.976. The molecule has 0 radical (unpaired) electrons. The van der Waals surface area contributed by atoms with Crippen LogP contribution in [-0.2, 0) is 38.0 Å². The van der Waals surface area contributed by atoms with E-state index >= 15 is 0 Å². The van der Waals surface area contributed by atoms with Crippen LogP contribution in [0.1, 0.15) is 118 Å². The van der Waals surface area contributed by atoms with Crippen LogP contribution in [0.15, 0.2) is 0 Å². The summed E-state index contributed by atoms with van der Waals surface area (Å²) in [6, 6.07) is 0. The van der Waals surface area contributed by atoms with E-state index in [1.165, 1.54) is 0 Å². The van der Waals surface area contributed by atoms with E-state index in [-0.39, 0.29) is 54.0 Å². The van der Waals surface area contributed by atoms with Gasteiger partial charge in [-0.15, -0.1) is 0 Å². The topological polar surface area (TPSA) is 183 Å². The molecule has 4 saturated carbocycles. The quantitative estimate of drug-likeness (QED) is 0.188. The molecule has 0 aromatic carbocycles. The summed E-state index contributed by atoms with van der Waals surface area (Å²) in [6.45, 7) is 10.6. The van der Waals surface area contributed by atoms with E-state index in [1.807, 2.05) is 6.92 Å². The molecule has 0 spiro atoms. The Morgan fingerprint density at radius 3 is 1.83 bits per heavy atom. The summed E-state index contributed by atoms with van der Waals surface area (Å²) in [5, 5.41) is 55.0. The summed E-state index contributed by atoms with van der Waals surface area (Å²) in [4.78, 5) is 12.0. The van der Waals surface area contributed by atoms with Crippen molar-refractivity contribution in [2.45, 2.75) is 204 Å².